The van der Waals surface area contributed by atoms with Crippen molar-refractivity contribution in [2.45, 2.75) is 46.8 Å². The van der Waals surface area contributed by atoms with E-state index in [2.05, 4.69) is 5.32 Å². The third kappa shape index (κ3) is 6.14. The fourth-order valence-electron chi connectivity index (χ4n) is 3.96. The molecule has 1 N–H and O–H groups in total. The highest BCUT2D eigenvalue weighted by atomic mass is 32.1. The number of benzene rings is 2. The molecule has 3 aromatic rings. The first-order valence-electron chi connectivity index (χ1n) is 11.6. The number of thiophene rings is 1. The zero-order valence-electron chi connectivity index (χ0n) is 20.5. The summed E-state index contributed by atoms with van der Waals surface area (Å²) in [5, 5.41) is 4.97. The lowest BCUT2D eigenvalue weighted by molar-refractivity contribution is -0.133. The summed E-state index contributed by atoms with van der Waals surface area (Å²) in [5.74, 6) is 1.27. The first kappa shape index (κ1) is 24.6. The third-order valence-corrected chi connectivity index (χ3v) is 6.76. The Morgan fingerprint density at radius 3 is 2.54 bits per heavy atom. The zero-order valence-corrected chi connectivity index (χ0v) is 21.4. The van der Waals surface area contributed by atoms with Crippen LogP contribution < -0.4 is 14.8 Å². The Balaban J connectivity index is 1.50. The Morgan fingerprint density at radius 2 is 1.83 bits per heavy atom. The molecule has 1 aromatic heterocycles. The first-order valence-corrected chi connectivity index (χ1v) is 12.5. The van der Waals surface area contributed by atoms with Gasteiger partial charge in [0, 0.05) is 23.2 Å². The maximum Gasteiger partial charge on any atom is 0.322 e. The summed E-state index contributed by atoms with van der Waals surface area (Å²) in [5.41, 5.74) is 3.80. The summed E-state index contributed by atoms with van der Waals surface area (Å²) in [6.45, 7) is 8.85. The molecular formula is C27H31N3O4S. The smallest absolute Gasteiger partial charge is 0.322 e. The van der Waals surface area contributed by atoms with Gasteiger partial charge in [-0.05, 0) is 68.5 Å². The molecule has 4 rings (SSSR count). The van der Waals surface area contributed by atoms with E-state index in [9.17, 15) is 9.59 Å². The number of anilines is 1. The van der Waals surface area contributed by atoms with Gasteiger partial charge in [-0.15, -0.1) is 11.3 Å². The minimum Gasteiger partial charge on any atom is -0.454 e. The number of ether oxygens (including phenoxy) is 2. The molecule has 0 radical (unpaired) electrons. The highest BCUT2D eigenvalue weighted by Gasteiger charge is 2.25. The third-order valence-electron chi connectivity index (χ3n) is 5.90. The van der Waals surface area contributed by atoms with E-state index < -0.39 is 0 Å². The molecule has 0 atom stereocenters. The summed E-state index contributed by atoms with van der Waals surface area (Å²) in [6, 6.07) is 15.1. The molecule has 0 saturated carbocycles. The van der Waals surface area contributed by atoms with Crippen LogP contribution in [-0.2, 0) is 17.9 Å². The highest BCUT2D eigenvalue weighted by Crippen LogP contribution is 2.33. The molecule has 1 aliphatic rings. The summed E-state index contributed by atoms with van der Waals surface area (Å²) in [7, 11) is 0. The molecule has 2 aromatic carbocycles. The summed E-state index contributed by atoms with van der Waals surface area (Å²) in [4.78, 5) is 31.1. The second kappa shape index (κ2) is 10.8. The van der Waals surface area contributed by atoms with E-state index in [1.54, 1.807) is 21.1 Å². The Kier molecular flexibility index (Phi) is 7.60. The number of carbonyl (C=O) groups is 2. The molecule has 2 heterocycles. The minimum atomic E-state index is -0.292. The van der Waals surface area contributed by atoms with Crippen LogP contribution in [0.4, 0.5) is 10.5 Å². The quantitative estimate of drug-likeness (QED) is 0.446. The number of urea groups is 1. The van der Waals surface area contributed by atoms with E-state index in [0.29, 0.717) is 24.6 Å². The standard InChI is InChI=1S/C27H31N3O4S/c1-18(2)30(27(32)28-23-9-7-19(3)12-20(23)4)16-26(31)29(15-22-6-5-11-35-22)14-21-8-10-24-25(13-21)34-17-33-24/h5-13,18H,14-17H2,1-4H3,(H,28,32). The van der Waals surface area contributed by atoms with E-state index in [0.717, 1.165) is 27.3 Å². The van der Waals surface area contributed by atoms with Gasteiger partial charge in [-0.2, -0.15) is 0 Å². The lowest BCUT2D eigenvalue weighted by Crippen LogP contribution is -2.47. The van der Waals surface area contributed by atoms with Crippen LogP contribution in [0.3, 0.4) is 0 Å². The monoisotopic (exact) mass is 493 g/mol. The van der Waals surface area contributed by atoms with Gasteiger partial charge in [0.15, 0.2) is 11.5 Å². The van der Waals surface area contributed by atoms with Gasteiger partial charge in [0.1, 0.15) is 6.54 Å². The molecule has 1 aliphatic heterocycles. The van der Waals surface area contributed by atoms with Crippen LogP contribution in [0.2, 0.25) is 0 Å². The van der Waals surface area contributed by atoms with Crippen molar-refractivity contribution < 1.29 is 19.1 Å². The molecule has 0 bridgehead atoms. The van der Waals surface area contributed by atoms with Crippen LogP contribution in [0, 0.1) is 13.8 Å². The first-order chi connectivity index (χ1) is 16.8. The van der Waals surface area contributed by atoms with Crippen LogP contribution in [0.5, 0.6) is 11.5 Å². The minimum absolute atomic E-state index is 0.0235. The molecule has 35 heavy (non-hydrogen) atoms. The van der Waals surface area contributed by atoms with Crippen molar-refractivity contribution >= 4 is 29.0 Å². The maximum absolute atomic E-state index is 13.5. The normalized spacial score (nSPS) is 12.0. The lowest BCUT2D eigenvalue weighted by atomic mass is 10.1. The van der Waals surface area contributed by atoms with Crippen molar-refractivity contribution in [3.05, 3.63) is 75.5 Å². The number of amides is 3. The van der Waals surface area contributed by atoms with Crippen molar-refractivity contribution in [2.75, 3.05) is 18.7 Å². The molecule has 3 amide bonds. The van der Waals surface area contributed by atoms with E-state index in [1.165, 1.54) is 0 Å². The van der Waals surface area contributed by atoms with Gasteiger partial charge in [-0.25, -0.2) is 4.79 Å². The number of rotatable bonds is 8. The summed E-state index contributed by atoms with van der Waals surface area (Å²) < 4.78 is 10.9. The van der Waals surface area contributed by atoms with Gasteiger partial charge < -0.3 is 24.6 Å². The summed E-state index contributed by atoms with van der Waals surface area (Å²) in [6.07, 6.45) is 0. The summed E-state index contributed by atoms with van der Waals surface area (Å²) >= 11 is 1.60. The van der Waals surface area contributed by atoms with Crippen LogP contribution in [0.1, 0.15) is 35.4 Å². The number of aryl methyl sites for hydroxylation is 2. The van der Waals surface area contributed by atoms with E-state index in [1.807, 2.05) is 81.6 Å². The molecule has 7 nitrogen and oxygen atoms in total. The molecule has 0 aliphatic carbocycles. The molecule has 8 heteroatoms. The van der Waals surface area contributed by atoms with Gasteiger partial charge in [-0.3, -0.25) is 4.79 Å². The second-order valence-corrected chi connectivity index (χ2v) is 10.0. The Labute approximate surface area is 210 Å². The molecule has 0 fully saturated rings. The molecule has 0 unspecified atom stereocenters. The van der Waals surface area contributed by atoms with Gasteiger partial charge in [0.2, 0.25) is 12.7 Å². The predicted molar refractivity (Wildman–Crippen MR) is 138 cm³/mol. The van der Waals surface area contributed by atoms with Gasteiger partial charge in [0.25, 0.3) is 0 Å². The van der Waals surface area contributed by atoms with Gasteiger partial charge in [-0.1, -0.05) is 29.8 Å². The van der Waals surface area contributed by atoms with E-state index >= 15 is 0 Å². The molecular weight excluding hydrogens is 462 g/mol. The van der Waals surface area contributed by atoms with E-state index in [-0.39, 0.29) is 31.3 Å². The SMILES string of the molecule is Cc1ccc(NC(=O)N(CC(=O)N(Cc2ccc3c(c2)OCO3)Cc2cccs2)C(C)C)c(C)c1. The number of fused-ring (bicyclic) bond motifs is 1. The van der Waals surface area contributed by atoms with Crippen LogP contribution >= 0.6 is 11.3 Å². The van der Waals surface area contributed by atoms with Crippen molar-refractivity contribution in [3.63, 3.8) is 0 Å². The number of nitrogens with zero attached hydrogens (tertiary/aromatic N) is 2. The van der Waals surface area contributed by atoms with E-state index in [4.69, 9.17) is 9.47 Å². The van der Waals surface area contributed by atoms with Crippen molar-refractivity contribution in [3.8, 4) is 11.5 Å². The Bertz CT molecular complexity index is 1190. The van der Waals surface area contributed by atoms with Crippen LogP contribution in [0.15, 0.2) is 53.9 Å². The second-order valence-electron chi connectivity index (χ2n) is 8.99. The number of hydrogen-bond acceptors (Lipinski definition) is 5. The number of hydrogen-bond donors (Lipinski definition) is 1. The molecule has 0 saturated heterocycles. The maximum atomic E-state index is 13.5. The topological polar surface area (TPSA) is 71.1 Å². The highest BCUT2D eigenvalue weighted by molar-refractivity contribution is 7.09. The average molecular weight is 494 g/mol. The lowest BCUT2D eigenvalue weighted by Gasteiger charge is -2.30. The van der Waals surface area contributed by atoms with Crippen LogP contribution in [-0.4, -0.2) is 41.1 Å². The van der Waals surface area contributed by atoms with Crippen molar-refractivity contribution in [1.82, 2.24) is 9.80 Å². The van der Waals surface area contributed by atoms with Gasteiger partial charge >= 0.3 is 6.03 Å². The average Bonchev–Trinajstić information content (AvgIpc) is 3.50. The fourth-order valence-corrected chi connectivity index (χ4v) is 4.68. The molecule has 184 valence electrons. The zero-order chi connectivity index (χ0) is 24.9. The Morgan fingerprint density at radius 1 is 1.03 bits per heavy atom. The van der Waals surface area contributed by atoms with Crippen LogP contribution in [0.25, 0.3) is 0 Å². The van der Waals surface area contributed by atoms with Crippen molar-refractivity contribution in [1.29, 1.82) is 0 Å². The largest absolute Gasteiger partial charge is 0.454 e. The Hall–Kier alpha value is -3.52. The molecule has 0 spiro atoms. The predicted octanol–water partition coefficient (Wildman–Crippen LogP) is 5.56. The van der Waals surface area contributed by atoms with Gasteiger partial charge in [0.05, 0.1) is 6.54 Å². The number of nitrogens with one attached hydrogen (secondary N) is 1. The number of carbonyl (C=O) groups excluding carboxylic acids is 2. The van der Waals surface area contributed by atoms with Crippen molar-refractivity contribution in [2.24, 2.45) is 0 Å². The fraction of sp³-hybridized carbons (Fsp3) is 0.333.